The van der Waals surface area contributed by atoms with Crippen LogP contribution >= 0.6 is 0 Å². The first kappa shape index (κ1) is 17.1. The Kier molecular flexibility index (Phi) is 5.13. The molecule has 1 aromatic rings. The Morgan fingerprint density at radius 1 is 1.35 bits per heavy atom. The highest BCUT2D eigenvalue weighted by molar-refractivity contribution is 5.87. The van der Waals surface area contributed by atoms with Crippen LogP contribution < -0.4 is 14.8 Å². The molecular weight excluding hydrogens is 298 g/mol. The second-order valence-corrected chi connectivity index (χ2v) is 6.23. The van der Waals surface area contributed by atoms with Crippen LogP contribution in [0, 0.1) is 5.92 Å². The predicted molar refractivity (Wildman–Crippen MR) is 84.4 cm³/mol. The zero-order chi connectivity index (χ0) is 17.0. The molecule has 1 fully saturated rings. The Hall–Kier alpha value is -2.24. The number of hydrogen-bond donors (Lipinski definition) is 1. The number of benzene rings is 1. The van der Waals surface area contributed by atoms with E-state index >= 15 is 0 Å². The van der Waals surface area contributed by atoms with Crippen molar-refractivity contribution in [2.24, 2.45) is 5.92 Å². The van der Waals surface area contributed by atoms with Gasteiger partial charge < -0.3 is 19.5 Å². The van der Waals surface area contributed by atoms with E-state index in [-0.39, 0.29) is 24.3 Å². The van der Waals surface area contributed by atoms with Crippen LogP contribution in [-0.4, -0.2) is 37.2 Å². The first-order valence-electron chi connectivity index (χ1n) is 7.61. The maximum Gasteiger partial charge on any atom is 0.307 e. The monoisotopic (exact) mass is 321 g/mol. The number of esters is 1. The Balaban J connectivity index is 1.83. The molecule has 0 spiro atoms. The molecule has 2 atom stereocenters. The lowest BCUT2D eigenvalue weighted by molar-refractivity contribution is -0.147. The Bertz CT molecular complexity index is 567. The van der Waals surface area contributed by atoms with Crippen LogP contribution in [0.4, 0.5) is 0 Å². The molecule has 2 rings (SSSR count). The number of methoxy groups -OCH3 is 1. The smallest absolute Gasteiger partial charge is 0.307 e. The van der Waals surface area contributed by atoms with Gasteiger partial charge in [0.15, 0.2) is 0 Å². The number of hydrogen-bond acceptors (Lipinski definition) is 5. The van der Waals surface area contributed by atoms with E-state index in [4.69, 9.17) is 14.2 Å². The second kappa shape index (κ2) is 6.89. The molecule has 6 heteroatoms. The van der Waals surface area contributed by atoms with Crippen molar-refractivity contribution in [3.05, 3.63) is 24.3 Å². The molecule has 0 aromatic heterocycles. The lowest BCUT2D eigenvalue weighted by atomic mass is 9.90. The van der Waals surface area contributed by atoms with Gasteiger partial charge in [-0.3, -0.25) is 9.59 Å². The van der Waals surface area contributed by atoms with Crippen LogP contribution in [0.3, 0.4) is 0 Å². The van der Waals surface area contributed by atoms with E-state index < -0.39 is 11.5 Å². The van der Waals surface area contributed by atoms with Crippen LogP contribution in [0.25, 0.3) is 0 Å². The van der Waals surface area contributed by atoms with Gasteiger partial charge in [-0.1, -0.05) is 0 Å². The number of amides is 1. The maximum absolute atomic E-state index is 12.3. The zero-order valence-electron chi connectivity index (χ0n) is 13.9. The average Bonchev–Trinajstić information content (AvgIpc) is 2.78. The van der Waals surface area contributed by atoms with Crippen molar-refractivity contribution in [2.75, 3.05) is 13.7 Å². The average molecular weight is 321 g/mol. The summed E-state index contributed by atoms with van der Waals surface area (Å²) in [5.41, 5.74) is -0.766. The molecule has 23 heavy (non-hydrogen) atoms. The fourth-order valence-corrected chi connectivity index (χ4v) is 2.51. The molecule has 2 unspecified atom stereocenters. The van der Waals surface area contributed by atoms with Crippen molar-refractivity contribution < 1.29 is 23.8 Å². The lowest BCUT2D eigenvalue weighted by Gasteiger charge is -2.25. The number of carbonyl (C=O) groups is 2. The van der Waals surface area contributed by atoms with Crippen molar-refractivity contribution >= 4 is 11.9 Å². The second-order valence-electron chi connectivity index (χ2n) is 6.23. The first-order chi connectivity index (χ1) is 10.8. The summed E-state index contributed by atoms with van der Waals surface area (Å²) in [6.07, 6.45) is 0.116. The first-order valence-corrected chi connectivity index (χ1v) is 7.61. The summed E-state index contributed by atoms with van der Waals surface area (Å²) in [6, 6.07) is 7.04. The van der Waals surface area contributed by atoms with Gasteiger partial charge in [0, 0.05) is 0 Å². The van der Waals surface area contributed by atoms with Crippen molar-refractivity contribution in [2.45, 2.75) is 38.8 Å². The molecule has 126 valence electrons. The van der Waals surface area contributed by atoms with Crippen LogP contribution in [0.5, 0.6) is 11.5 Å². The third-order valence-corrected chi connectivity index (χ3v) is 3.85. The maximum atomic E-state index is 12.3. The van der Waals surface area contributed by atoms with Gasteiger partial charge >= 0.3 is 5.97 Å². The molecule has 1 N–H and O–H groups in total. The summed E-state index contributed by atoms with van der Waals surface area (Å²) >= 11 is 0. The number of cyclic esters (lactones) is 1. The van der Waals surface area contributed by atoms with E-state index in [1.165, 1.54) is 0 Å². The van der Waals surface area contributed by atoms with Gasteiger partial charge in [-0.05, 0) is 45.0 Å². The van der Waals surface area contributed by atoms with Crippen molar-refractivity contribution in [1.82, 2.24) is 5.32 Å². The quantitative estimate of drug-likeness (QED) is 0.810. The number of rotatable bonds is 6. The van der Waals surface area contributed by atoms with Gasteiger partial charge in [0.2, 0.25) is 5.91 Å². The molecule has 0 aliphatic carbocycles. The lowest BCUT2D eigenvalue weighted by Crippen LogP contribution is -2.45. The van der Waals surface area contributed by atoms with Crippen LogP contribution in [0.2, 0.25) is 0 Å². The van der Waals surface area contributed by atoms with E-state index in [0.29, 0.717) is 12.4 Å². The minimum atomic E-state index is -0.766. The fourth-order valence-electron chi connectivity index (χ4n) is 2.51. The Labute approximate surface area is 136 Å². The van der Waals surface area contributed by atoms with Crippen molar-refractivity contribution in [1.29, 1.82) is 0 Å². The molecule has 1 amide bonds. The number of nitrogens with one attached hydrogen (secondary N) is 1. The largest absolute Gasteiger partial charge is 0.497 e. The molecule has 1 aliphatic rings. The van der Waals surface area contributed by atoms with Crippen LogP contribution in [0.15, 0.2) is 24.3 Å². The summed E-state index contributed by atoms with van der Waals surface area (Å²) in [5.74, 6) is 0.459. The summed E-state index contributed by atoms with van der Waals surface area (Å²) in [4.78, 5) is 23.7. The highest BCUT2D eigenvalue weighted by atomic mass is 16.6. The minimum absolute atomic E-state index is 0.116. The van der Waals surface area contributed by atoms with E-state index in [0.717, 1.165) is 5.75 Å². The standard InChI is InChI=1S/C17H23NO5/c1-11(10-22-13-7-5-12(21-4)6-8-13)18-16(20)14-9-15(19)23-17(14,2)3/h5-8,11,14H,9-10H2,1-4H3,(H,18,20). The third-order valence-electron chi connectivity index (χ3n) is 3.85. The van der Waals surface area contributed by atoms with Gasteiger partial charge in [-0.2, -0.15) is 0 Å². The van der Waals surface area contributed by atoms with E-state index in [1.54, 1.807) is 33.1 Å². The summed E-state index contributed by atoms with van der Waals surface area (Å²) in [6.45, 7) is 5.69. The van der Waals surface area contributed by atoms with Gasteiger partial charge in [-0.25, -0.2) is 0 Å². The molecular formula is C17H23NO5. The molecule has 0 radical (unpaired) electrons. The van der Waals surface area contributed by atoms with E-state index in [2.05, 4.69) is 5.32 Å². The zero-order valence-corrected chi connectivity index (χ0v) is 13.9. The SMILES string of the molecule is COc1ccc(OCC(C)NC(=O)C2CC(=O)OC2(C)C)cc1. The highest BCUT2D eigenvalue weighted by Gasteiger charge is 2.46. The Morgan fingerprint density at radius 2 is 1.96 bits per heavy atom. The Morgan fingerprint density at radius 3 is 2.48 bits per heavy atom. The topological polar surface area (TPSA) is 73.9 Å². The molecule has 1 aromatic carbocycles. The molecule has 1 saturated heterocycles. The number of carbonyl (C=O) groups excluding carboxylic acids is 2. The van der Waals surface area contributed by atoms with Gasteiger partial charge in [-0.15, -0.1) is 0 Å². The third kappa shape index (κ3) is 4.37. The fraction of sp³-hybridized carbons (Fsp3) is 0.529. The predicted octanol–water partition coefficient (Wildman–Crippen LogP) is 1.92. The van der Waals surface area contributed by atoms with Crippen LogP contribution in [-0.2, 0) is 14.3 Å². The van der Waals surface area contributed by atoms with Crippen LogP contribution in [0.1, 0.15) is 27.2 Å². The van der Waals surface area contributed by atoms with Gasteiger partial charge in [0.1, 0.15) is 23.7 Å². The molecule has 1 heterocycles. The van der Waals surface area contributed by atoms with E-state index in [1.807, 2.05) is 19.1 Å². The molecule has 0 saturated carbocycles. The molecule has 0 bridgehead atoms. The number of ether oxygens (including phenoxy) is 3. The summed E-state index contributed by atoms with van der Waals surface area (Å²) in [5, 5.41) is 2.87. The normalized spacial score (nSPS) is 20.5. The molecule has 1 aliphatic heterocycles. The van der Waals surface area contributed by atoms with Gasteiger partial charge in [0.25, 0.3) is 0 Å². The summed E-state index contributed by atoms with van der Waals surface area (Å²) < 4.78 is 15.9. The highest BCUT2D eigenvalue weighted by Crippen LogP contribution is 2.32. The minimum Gasteiger partial charge on any atom is -0.497 e. The molecule has 6 nitrogen and oxygen atoms in total. The van der Waals surface area contributed by atoms with Crippen molar-refractivity contribution in [3.63, 3.8) is 0 Å². The van der Waals surface area contributed by atoms with Gasteiger partial charge in [0.05, 0.1) is 25.5 Å². The van der Waals surface area contributed by atoms with Crippen molar-refractivity contribution in [3.8, 4) is 11.5 Å². The summed E-state index contributed by atoms with van der Waals surface area (Å²) in [7, 11) is 1.60. The van der Waals surface area contributed by atoms with E-state index in [9.17, 15) is 9.59 Å².